The molecule has 0 aromatic rings. The molecule has 0 nitrogen and oxygen atoms in total. The van der Waals surface area contributed by atoms with Crippen molar-refractivity contribution in [1.82, 2.24) is 0 Å². The topological polar surface area (TPSA) is 0 Å². The molecule has 7 heteroatoms. The Balaban J connectivity index is 2.91. The molecule has 2 aliphatic rings. The maximum atomic E-state index is 6.37. The molecule has 0 aromatic heterocycles. The minimum absolute atomic E-state index is 0.128. The number of hydrogen-bond acceptors (Lipinski definition) is 7. The predicted molar refractivity (Wildman–Crippen MR) is 249 cm³/mol. The Bertz CT molecular complexity index is 1320. The summed E-state index contributed by atoms with van der Waals surface area (Å²) < 4.78 is -1.09. The van der Waals surface area contributed by atoms with E-state index in [-0.39, 0.29) is 4.58 Å². The molecule has 0 heterocycles. The highest BCUT2D eigenvalue weighted by atomic mass is 32.2. The van der Waals surface area contributed by atoms with Gasteiger partial charge in [0.15, 0.2) is 4.08 Å². The van der Waals surface area contributed by atoms with E-state index < -0.39 is 8.16 Å². The van der Waals surface area contributed by atoms with Crippen LogP contribution in [0.1, 0.15) is 163 Å². The van der Waals surface area contributed by atoms with Gasteiger partial charge in [0.2, 0.25) is 0 Å². The molecule has 0 radical (unpaired) electrons. The summed E-state index contributed by atoms with van der Waals surface area (Å²) in [7, 11) is 0. The smallest absolute Gasteiger partial charge is 0.117 e. The van der Waals surface area contributed by atoms with Crippen molar-refractivity contribution in [3.63, 3.8) is 0 Å². The molecule has 0 aliphatic heterocycles. The van der Waals surface area contributed by atoms with Gasteiger partial charge in [-0.2, -0.15) is 0 Å². The molecule has 0 saturated heterocycles. The summed E-state index contributed by atoms with van der Waals surface area (Å²) in [4.78, 5) is 3.01. The zero-order valence-electron chi connectivity index (χ0n) is 31.8. The number of allylic oxidation sites excluding steroid dienone is 6. The molecular weight excluding hydrogens is 753 g/mol. The van der Waals surface area contributed by atoms with Gasteiger partial charge in [0, 0.05) is 18.2 Å². The van der Waals surface area contributed by atoms with Crippen molar-refractivity contribution in [2.75, 3.05) is 0 Å². The van der Waals surface area contributed by atoms with E-state index in [9.17, 15) is 0 Å². The molecule has 51 heavy (non-hydrogen) atoms. The lowest BCUT2D eigenvalue weighted by molar-refractivity contribution is 0.634. The third kappa shape index (κ3) is 18.7. The van der Waals surface area contributed by atoms with Gasteiger partial charge in [-0.25, -0.2) is 0 Å². The maximum Gasteiger partial charge on any atom is 0.172 e. The first-order valence-electron chi connectivity index (χ1n) is 19.4. The van der Waals surface area contributed by atoms with Crippen LogP contribution in [-0.2, 0) is 0 Å². The van der Waals surface area contributed by atoms with Crippen molar-refractivity contribution in [1.29, 1.82) is 0 Å². The highest BCUT2D eigenvalue weighted by molar-refractivity contribution is 8.31. The lowest BCUT2D eigenvalue weighted by atomic mass is 10.1. The Morgan fingerprint density at radius 1 is 0.765 bits per heavy atom. The highest BCUT2D eigenvalue weighted by Crippen LogP contribution is 2.66. The number of hydrogen-bond donors (Lipinski definition) is 0. The summed E-state index contributed by atoms with van der Waals surface area (Å²) in [5, 5.41) is 18.0. The largest absolute Gasteiger partial charge is 0.172 e. The minimum Gasteiger partial charge on any atom is -0.117 e. The van der Waals surface area contributed by atoms with Gasteiger partial charge < -0.3 is 0 Å². The molecule has 3 unspecified atom stereocenters. The molecule has 0 N–H and O–H groups in total. The Labute approximate surface area is 345 Å². The molecule has 0 aromatic carbocycles. The molecule has 0 bridgehead atoms. The molecule has 2 rings (SSSR count). The van der Waals surface area contributed by atoms with Gasteiger partial charge in [-0.3, -0.25) is 0 Å². The summed E-state index contributed by atoms with van der Waals surface area (Å²) in [6.07, 6.45) is 41.6. The van der Waals surface area contributed by atoms with E-state index in [0.29, 0.717) is 0 Å². The second-order valence-electron chi connectivity index (χ2n) is 12.7. The maximum absolute atomic E-state index is 6.37. The zero-order chi connectivity index (χ0) is 36.7. The van der Waals surface area contributed by atoms with Crippen LogP contribution in [0.2, 0.25) is 0 Å². The van der Waals surface area contributed by atoms with Gasteiger partial charge in [0.25, 0.3) is 0 Å². The van der Waals surface area contributed by atoms with Crippen LogP contribution in [0.3, 0.4) is 0 Å². The van der Waals surface area contributed by atoms with E-state index in [1.807, 2.05) is 30.4 Å². The number of rotatable bonds is 21. The summed E-state index contributed by atoms with van der Waals surface area (Å²) >= 11 is 12.7. The lowest BCUT2D eigenvalue weighted by Crippen LogP contribution is -2.49. The van der Waals surface area contributed by atoms with Gasteiger partial charge in [-0.1, -0.05) is 114 Å². The molecular formula is C44H62S7. The van der Waals surface area contributed by atoms with E-state index in [1.54, 1.807) is 11.8 Å². The monoisotopic (exact) mass is 814 g/mol. The van der Waals surface area contributed by atoms with Crippen molar-refractivity contribution in [3.8, 4) is 45.2 Å². The molecule has 2 aliphatic carbocycles. The molecule has 3 atom stereocenters. The van der Waals surface area contributed by atoms with Crippen LogP contribution in [0.15, 0.2) is 44.9 Å². The first kappa shape index (κ1) is 46.8. The summed E-state index contributed by atoms with van der Waals surface area (Å²) in [5.41, 5.74) is 0. The van der Waals surface area contributed by atoms with Crippen LogP contribution in [0.4, 0.5) is 0 Å². The van der Waals surface area contributed by atoms with Crippen LogP contribution in [0.25, 0.3) is 0 Å². The third-order valence-corrected chi connectivity index (χ3v) is 18.4. The van der Waals surface area contributed by atoms with E-state index in [0.717, 1.165) is 44.9 Å². The second kappa shape index (κ2) is 30.9. The van der Waals surface area contributed by atoms with Crippen LogP contribution in [0, 0.1) is 45.2 Å². The Kier molecular flexibility index (Phi) is 28.4. The van der Waals surface area contributed by atoms with E-state index in [1.165, 1.54) is 123 Å². The van der Waals surface area contributed by atoms with Gasteiger partial charge in [0.1, 0.15) is 4.08 Å². The predicted octanol–water partition coefficient (Wildman–Crippen LogP) is 16.4. The minimum atomic E-state index is -0.733. The van der Waals surface area contributed by atoms with Crippen molar-refractivity contribution < 1.29 is 0 Å². The lowest BCUT2D eigenvalue weighted by Gasteiger charge is -2.47. The van der Waals surface area contributed by atoms with E-state index in [4.69, 9.17) is 6.42 Å². The number of terminal acetylenes is 1. The van der Waals surface area contributed by atoms with E-state index in [2.05, 4.69) is 118 Å². The molecule has 0 saturated carbocycles. The Morgan fingerprint density at radius 3 is 2.16 bits per heavy atom. The first-order chi connectivity index (χ1) is 25.1. The van der Waals surface area contributed by atoms with Gasteiger partial charge in [-0.05, 0) is 149 Å². The third-order valence-electron chi connectivity index (χ3n) is 8.46. The summed E-state index contributed by atoms with van der Waals surface area (Å²) in [6.45, 7) is 8.58. The van der Waals surface area contributed by atoms with Crippen molar-refractivity contribution in [2.45, 2.75) is 175 Å². The summed E-state index contributed by atoms with van der Waals surface area (Å²) in [5.74, 6) is 10.2. The first-order valence-corrected chi connectivity index (χ1v) is 25.3. The van der Waals surface area contributed by atoms with Crippen LogP contribution in [0.5, 0.6) is 0 Å². The van der Waals surface area contributed by atoms with Crippen molar-refractivity contribution >= 4 is 82.3 Å². The van der Waals surface area contributed by atoms with Gasteiger partial charge in [0.05, 0.1) is 4.58 Å². The van der Waals surface area contributed by atoms with Crippen LogP contribution in [-0.4, -0.2) is 12.7 Å². The quantitative estimate of drug-likeness (QED) is 0.0635. The van der Waals surface area contributed by atoms with Crippen molar-refractivity contribution in [2.24, 2.45) is 0 Å². The normalized spacial score (nSPS) is 18.1. The van der Waals surface area contributed by atoms with Crippen molar-refractivity contribution in [3.05, 3.63) is 44.9 Å². The zero-order valence-corrected chi connectivity index (χ0v) is 37.5. The van der Waals surface area contributed by atoms with Gasteiger partial charge >= 0.3 is 0 Å². The molecule has 0 fully saturated rings. The fraction of sp³-hybridized carbons (Fsp3) is 0.636. The highest BCUT2D eigenvalue weighted by Gasteiger charge is 2.59. The summed E-state index contributed by atoms with van der Waals surface area (Å²) in [6, 6.07) is 0. The fourth-order valence-electron chi connectivity index (χ4n) is 5.65. The average Bonchev–Trinajstić information content (AvgIpc) is 3.40. The second-order valence-corrected chi connectivity index (χ2v) is 21.0. The molecule has 0 spiro atoms. The number of thioether (sulfide) groups is 7. The molecule has 280 valence electrons. The van der Waals surface area contributed by atoms with Gasteiger partial charge in [-0.15, -0.1) is 53.5 Å². The Morgan fingerprint density at radius 2 is 1.43 bits per heavy atom. The van der Waals surface area contributed by atoms with Crippen LogP contribution >= 0.6 is 82.3 Å². The fourth-order valence-corrected chi connectivity index (χ4v) is 15.6. The SMILES string of the molecule is C#CSC(C#CSC#CCC)(SC#CC)C(SC=CCCCCCC)(SC1=CCCCCCC1)C(SC=CCCCCC)SC1=CCCCCC1. The standard InChI is InChI=1S/C44H62S7/c1-6-11-14-16-23-29-38-49-44(51-41-32-26-18-17-19-27-33-41,43(47-10-5,48-35-9-4)34-39-45-36-13-8-3)42(46-37-28-22-15-12-7-2)50-40-30-24-20-21-25-31-40/h5,28-30,32,37-38,42H,6-8,11-12,14-27,31,33H2,1-4H3. The average molecular weight is 815 g/mol. The molecule has 0 amide bonds. The van der Waals surface area contributed by atoms with E-state index >= 15 is 0 Å². The van der Waals surface area contributed by atoms with Crippen LogP contribution < -0.4 is 0 Å². The number of unbranched alkanes of at least 4 members (excludes halogenated alkanes) is 7. The Hall–Kier alpha value is -0.350.